The van der Waals surface area contributed by atoms with Crippen molar-refractivity contribution in [3.8, 4) is 34.4 Å². The number of methoxy groups -OCH3 is 2. The molecule has 0 aliphatic carbocycles. The normalized spacial score (nSPS) is 11.6. The first-order valence-corrected chi connectivity index (χ1v) is 9.81. The van der Waals surface area contributed by atoms with Crippen molar-refractivity contribution in [3.05, 3.63) is 42.0 Å². The first-order valence-electron chi connectivity index (χ1n) is 8.37. The minimum Gasteiger partial charge on any atom is -0.493 e. The second-order valence-electron chi connectivity index (χ2n) is 6.25. The van der Waals surface area contributed by atoms with Crippen LogP contribution in [0.3, 0.4) is 0 Å². The highest BCUT2D eigenvalue weighted by atomic mass is 32.2. The molecule has 0 saturated carbocycles. The lowest BCUT2D eigenvalue weighted by Crippen LogP contribution is -2.23. The summed E-state index contributed by atoms with van der Waals surface area (Å²) in [5.74, 6) is 1.63. The van der Waals surface area contributed by atoms with E-state index in [0.29, 0.717) is 28.2 Å². The van der Waals surface area contributed by atoms with Crippen LogP contribution in [0, 0.1) is 6.92 Å². The van der Waals surface area contributed by atoms with Gasteiger partial charge in [-0.25, -0.2) is 12.7 Å². The van der Waals surface area contributed by atoms with Crippen molar-refractivity contribution in [1.29, 1.82) is 0 Å². The summed E-state index contributed by atoms with van der Waals surface area (Å²) in [5, 5.41) is 8.13. The van der Waals surface area contributed by atoms with Gasteiger partial charge in [-0.15, -0.1) is 10.2 Å². The molecule has 148 valence electrons. The summed E-state index contributed by atoms with van der Waals surface area (Å²) in [4.78, 5) is 0.195. The molecule has 0 aliphatic rings. The first kappa shape index (κ1) is 19.8. The Morgan fingerprint density at radius 3 is 2.04 bits per heavy atom. The van der Waals surface area contributed by atoms with Crippen molar-refractivity contribution in [2.24, 2.45) is 0 Å². The summed E-state index contributed by atoms with van der Waals surface area (Å²) in [5.41, 5.74) is 1.81. The smallest absolute Gasteiger partial charge is 0.248 e. The van der Waals surface area contributed by atoms with Gasteiger partial charge in [-0.1, -0.05) is 6.07 Å². The summed E-state index contributed by atoms with van der Waals surface area (Å²) < 4.78 is 42.5. The SMILES string of the molecule is COc1ccc(-c2nnc(-c3ccc(C)c(S(=O)(=O)N(C)C)c3)o2)cc1OC. The van der Waals surface area contributed by atoms with Gasteiger partial charge in [0.25, 0.3) is 0 Å². The monoisotopic (exact) mass is 403 g/mol. The zero-order chi connectivity index (χ0) is 20.5. The van der Waals surface area contributed by atoms with E-state index in [1.165, 1.54) is 24.5 Å². The summed E-state index contributed by atoms with van der Waals surface area (Å²) in [6.07, 6.45) is 0. The topological polar surface area (TPSA) is 94.8 Å². The van der Waals surface area contributed by atoms with Crippen LogP contribution in [0.5, 0.6) is 11.5 Å². The molecule has 0 radical (unpaired) electrons. The van der Waals surface area contributed by atoms with Crippen molar-refractivity contribution in [3.63, 3.8) is 0 Å². The molecule has 1 aromatic heterocycles. The number of aryl methyl sites for hydroxylation is 1. The zero-order valence-corrected chi connectivity index (χ0v) is 17.1. The Hall–Kier alpha value is -2.91. The predicted octanol–water partition coefficient (Wildman–Crippen LogP) is 2.98. The van der Waals surface area contributed by atoms with Crippen LogP contribution < -0.4 is 9.47 Å². The van der Waals surface area contributed by atoms with Gasteiger partial charge in [-0.05, 0) is 42.8 Å². The fourth-order valence-electron chi connectivity index (χ4n) is 2.63. The molecule has 1 heterocycles. The van der Waals surface area contributed by atoms with E-state index in [-0.39, 0.29) is 16.7 Å². The third kappa shape index (κ3) is 3.58. The molecule has 0 fully saturated rings. The molecule has 0 amide bonds. The van der Waals surface area contributed by atoms with Crippen molar-refractivity contribution in [2.75, 3.05) is 28.3 Å². The highest BCUT2D eigenvalue weighted by Gasteiger charge is 2.22. The maximum absolute atomic E-state index is 12.5. The van der Waals surface area contributed by atoms with Gasteiger partial charge in [0.1, 0.15) is 0 Å². The minimum absolute atomic E-state index is 0.195. The van der Waals surface area contributed by atoms with E-state index in [1.54, 1.807) is 51.5 Å². The van der Waals surface area contributed by atoms with E-state index in [4.69, 9.17) is 13.9 Å². The minimum atomic E-state index is -3.59. The molecular weight excluding hydrogens is 382 g/mol. The predicted molar refractivity (Wildman–Crippen MR) is 104 cm³/mol. The van der Waals surface area contributed by atoms with Gasteiger partial charge in [0.05, 0.1) is 19.1 Å². The average Bonchev–Trinajstić information content (AvgIpc) is 3.17. The average molecular weight is 403 g/mol. The van der Waals surface area contributed by atoms with Crippen LogP contribution in [-0.4, -0.2) is 51.2 Å². The Bertz CT molecular complexity index is 1110. The Morgan fingerprint density at radius 2 is 1.46 bits per heavy atom. The van der Waals surface area contributed by atoms with Gasteiger partial charge in [0.2, 0.25) is 21.8 Å². The van der Waals surface area contributed by atoms with Crippen LogP contribution in [0.4, 0.5) is 0 Å². The molecule has 2 aromatic carbocycles. The molecule has 8 nitrogen and oxygen atoms in total. The largest absolute Gasteiger partial charge is 0.493 e. The molecule has 3 rings (SSSR count). The van der Waals surface area contributed by atoms with Crippen LogP contribution in [-0.2, 0) is 10.0 Å². The maximum Gasteiger partial charge on any atom is 0.248 e. The molecule has 3 aromatic rings. The number of nitrogens with zero attached hydrogens (tertiary/aromatic N) is 3. The van der Waals surface area contributed by atoms with E-state index in [9.17, 15) is 8.42 Å². The number of benzene rings is 2. The lowest BCUT2D eigenvalue weighted by Gasteiger charge is -2.14. The van der Waals surface area contributed by atoms with E-state index in [1.807, 2.05) is 0 Å². The highest BCUT2D eigenvalue weighted by Crippen LogP contribution is 2.33. The first-order chi connectivity index (χ1) is 13.3. The third-order valence-electron chi connectivity index (χ3n) is 4.25. The van der Waals surface area contributed by atoms with Gasteiger partial charge < -0.3 is 13.9 Å². The molecule has 0 unspecified atom stereocenters. The molecule has 0 bridgehead atoms. The van der Waals surface area contributed by atoms with E-state index < -0.39 is 10.0 Å². The molecule has 0 spiro atoms. The maximum atomic E-state index is 12.5. The van der Waals surface area contributed by atoms with E-state index in [2.05, 4.69) is 10.2 Å². The Kier molecular flexibility index (Phi) is 5.39. The van der Waals surface area contributed by atoms with Crippen molar-refractivity contribution >= 4 is 10.0 Å². The number of ether oxygens (including phenoxy) is 2. The van der Waals surface area contributed by atoms with Crippen LogP contribution >= 0.6 is 0 Å². The second-order valence-corrected chi connectivity index (χ2v) is 8.37. The number of rotatable bonds is 6. The number of sulfonamides is 1. The van der Waals surface area contributed by atoms with Crippen molar-refractivity contribution in [1.82, 2.24) is 14.5 Å². The van der Waals surface area contributed by atoms with Gasteiger partial charge >= 0.3 is 0 Å². The van der Waals surface area contributed by atoms with Crippen LogP contribution in [0.15, 0.2) is 45.7 Å². The molecule has 0 saturated heterocycles. The fourth-order valence-corrected chi connectivity index (χ4v) is 3.78. The molecule has 0 N–H and O–H groups in total. The number of hydrogen-bond donors (Lipinski definition) is 0. The van der Waals surface area contributed by atoms with Crippen LogP contribution in [0.25, 0.3) is 22.9 Å². The quantitative estimate of drug-likeness (QED) is 0.624. The molecule has 28 heavy (non-hydrogen) atoms. The Morgan fingerprint density at radius 1 is 0.893 bits per heavy atom. The standard InChI is InChI=1S/C19H21N3O5S/c1-12-6-7-14(11-17(12)28(23,24)22(2)3)19-21-20-18(27-19)13-8-9-15(25-4)16(10-13)26-5/h6-11H,1-5H3. The lowest BCUT2D eigenvalue weighted by molar-refractivity contribution is 0.355. The summed E-state index contributed by atoms with van der Waals surface area (Å²) in [6, 6.07) is 10.2. The van der Waals surface area contributed by atoms with Crippen molar-refractivity contribution in [2.45, 2.75) is 11.8 Å². The van der Waals surface area contributed by atoms with Crippen molar-refractivity contribution < 1.29 is 22.3 Å². The number of hydrogen-bond acceptors (Lipinski definition) is 7. The van der Waals surface area contributed by atoms with Crippen LogP contribution in [0.1, 0.15) is 5.56 Å². The van der Waals surface area contributed by atoms with Crippen LogP contribution in [0.2, 0.25) is 0 Å². The van der Waals surface area contributed by atoms with Gasteiger partial charge in [-0.3, -0.25) is 0 Å². The second kappa shape index (κ2) is 7.61. The summed E-state index contributed by atoms with van der Waals surface area (Å²) in [7, 11) is 2.49. The third-order valence-corrected chi connectivity index (χ3v) is 6.21. The van der Waals surface area contributed by atoms with E-state index >= 15 is 0 Å². The van der Waals surface area contributed by atoms with E-state index in [0.717, 1.165) is 0 Å². The highest BCUT2D eigenvalue weighted by molar-refractivity contribution is 7.89. The summed E-state index contributed by atoms with van der Waals surface area (Å²) >= 11 is 0. The van der Waals surface area contributed by atoms with Gasteiger partial charge in [0, 0.05) is 25.2 Å². The van der Waals surface area contributed by atoms with Gasteiger partial charge in [0.15, 0.2) is 11.5 Å². The Labute approximate surface area is 163 Å². The summed E-state index contributed by atoms with van der Waals surface area (Å²) in [6.45, 7) is 1.74. The lowest BCUT2D eigenvalue weighted by atomic mass is 10.1. The Balaban J connectivity index is 2.01. The zero-order valence-electron chi connectivity index (χ0n) is 16.3. The molecule has 0 aliphatic heterocycles. The van der Waals surface area contributed by atoms with Gasteiger partial charge in [-0.2, -0.15) is 0 Å². The number of aromatic nitrogens is 2. The fraction of sp³-hybridized carbons (Fsp3) is 0.263. The molecular formula is C19H21N3O5S. The molecule has 9 heteroatoms. The molecule has 0 atom stereocenters.